The number of anilines is 2. The second kappa shape index (κ2) is 10.7. The Morgan fingerprint density at radius 1 is 1.18 bits per heavy atom. The van der Waals surface area contributed by atoms with E-state index in [0.29, 0.717) is 22.8 Å². The third kappa shape index (κ3) is 5.25. The van der Waals surface area contributed by atoms with Crippen LogP contribution in [0.4, 0.5) is 24.5 Å². The smallest absolute Gasteiger partial charge is 0.435 e. The average Bonchev–Trinajstić information content (AvgIpc) is 3.33. The number of aliphatic hydroxyl groups excluding tert-OH is 1. The van der Waals surface area contributed by atoms with Gasteiger partial charge in [-0.05, 0) is 61.9 Å². The summed E-state index contributed by atoms with van der Waals surface area (Å²) in [6.45, 7) is 1.51. The summed E-state index contributed by atoms with van der Waals surface area (Å²) in [5, 5.41) is 12.8. The second-order valence-electron chi connectivity index (χ2n) is 8.71. The van der Waals surface area contributed by atoms with Crippen molar-refractivity contribution in [2.24, 2.45) is 4.99 Å². The fourth-order valence-electron chi connectivity index (χ4n) is 4.05. The Bertz CT molecular complexity index is 1350. The van der Waals surface area contributed by atoms with Gasteiger partial charge in [0, 0.05) is 30.5 Å². The maximum absolute atomic E-state index is 13.8. The number of hydrogen-bond donors (Lipinski definition) is 1. The molecule has 200 valence electrons. The molecule has 12 heteroatoms. The molecule has 1 unspecified atom stereocenters. The minimum absolute atomic E-state index is 0.0308. The molecule has 2 amide bonds. The van der Waals surface area contributed by atoms with Crippen molar-refractivity contribution in [2.75, 3.05) is 37.1 Å². The van der Waals surface area contributed by atoms with Gasteiger partial charge in [0.1, 0.15) is 11.4 Å². The molecule has 1 atom stereocenters. The predicted molar refractivity (Wildman–Crippen MR) is 135 cm³/mol. The van der Waals surface area contributed by atoms with E-state index in [9.17, 15) is 22.8 Å². The lowest BCUT2D eigenvalue weighted by molar-refractivity contribution is -0.142. The fraction of sp³-hybridized carbons (Fsp3) is 0.308. The van der Waals surface area contributed by atoms with Crippen LogP contribution in [0.3, 0.4) is 0 Å². The van der Waals surface area contributed by atoms with Crippen LogP contribution in [0.25, 0.3) is 5.69 Å². The Labute approximate surface area is 216 Å². The van der Waals surface area contributed by atoms with Crippen LogP contribution in [0.5, 0.6) is 5.75 Å². The van der Waals surface area contributed by atoms with Crippen molar-refractivity contribution in [2.45, 2.75) is 25.6 Å². The van der Waals surface area contributed by atoms with Crippen molar-refractivity contribution in [3.05, 3.63) is 65.5 Å². The lowest BCUT2D eigenvalue weighted by atomic mass is 10.0. The average molecular weight is 530 g/mol. The molecule has 38 heavy (non-hydrogen) atoms. The zero-order chi connectivity index (χ0) is 27.6. The Kier molecular flexibility index (Phi) is 7.53. The monoisotopic (exact) mass is 529 g/mol. The van der Waals surface area contributed by atoms with E-state index in [4.69, 9.17) is 9.84 Å². The van der Waals surface area contributed by atoms with Crippen LogP contribution in [0.2, 0.25) is 0 Å². The molecule has 0 saturated carbocycles. The highest BCUT2D eigenvalue weighted by molar-refractivity contribution is 6.32. The molecule has 0 spiro atoms. The zero-order valence-corrected chi connectivity index (χ0v) is 20.9. The number of hydrogen-bond acceptors (Lipinski definition) is 6. The highest BCUT2D eigenvalue weighted by Crippen LogP contribution is 2.37. The number of rotatable bonds is 7. The van der Waals surface area contributed by atoms with Crippen molar-refractivity contribution in [3.8, 4) is 11.4 Å². The third-order valence-corrected chi connectivity index (χ3v) is 6.19. The van der Waals surface area contributed by atoms with Gasteiger partial charge in [-0.2, -0.15) is 18.3 Å². The quantitative estimate of drug-likeness (QED) is 0.472. The molecular formula is C26H26F3N5O4. The van der Waals surface area contributed by atoms with Gasteiger partial charge < -0.3 is 19.6 Å². The first kappa shape index (κ1) is 26.9. The number of benzene rings is 2. The number of fused-ring (bicyclic) bond motifs is 1. The van der Waals surface area contributed by atoms with E-state index in [1.807, 2.05) is 0 Å². The summed E-state index contributed by atoms with van der Waals surface area (Å²) in [4.78, 5) is 32.6. The van der Waals surface area contributed by atoms with E-state index in [0.717, 1.165) is 10.9 Å². The van der Waals surface area contributed by atoms with E-state index < -0.39 is 29.7 Å². The van der Waals surface area contributed by atoms with E-state index in [1.54, 1.807) is 50.4 Å². The van der Waals surface area contributed by atoms with Gasteiger partial charge in [-0.25, -0.2) is 4.68 Å². The number of carbonyl (C=O) groups is 2. The van der Waals surface area contributed by atoms with Gasteiger partial charge in [-0.3, -0.25) is 14.6 Å². The number of alkyl halides is 3. The summed E-state index contributed by atoms with van der Waals surface area (Å²) >= 11 is 0. The lowest BCUT2D eigenvalue weighted by Crippen LogP contribution is -2.39. The molecule has 1 aliphatic heterocycles. The number of ether oxygens (including phenoxy) is 1. The standard InChI is InChI=1S/C26H26F3N5O4/c1-16(15-35)30-14-22(36)32(2)17-4-6-18(7-5-17)33-13-12-21-23(25(33)37)34(31-24(21)26(27,28)29)19-8-10-20(38-3)11-9-19/h4-11,14,16,35H,12-13,15H2,1-3H3. The molecule has 9 nitrogen and oxygen atoms in total. The molecule has 0 bridgehead atoms. The van der Waals surface area contributed by atoms with Crippen LogP contribution >= 0.6 is 0 Å². The first-order valence-electron chi connectivity index (χ1n) is 11.7. The predicted octanol–water partition coefficient (Wildman–Crippen LogP) is 3.52. The number of aromatic nitrogens is 2. The van der Waals surface area contributed by atoms with Crippen molar-refractivity contribution < 1.29 is 32.6 Å². The minimum atomic E-state index is -4.72. The van der Waals surface area contributed by atoms with E-state index in [2.05, 4.69) is 10.1 Å². The topological polar surface area (TPSA) is 100 Å². The summed E-state index contributed by atoms with van der Waals surface area (Å²) in [5.74, 6) is -0.510. The van der Waals surface area contributed by atoms with Crippen LogP contribution in [0.15, 0.2) is 53.5 Å². The summed E-state index contributed by atoms with van der Waals surface area (Å²) < 4.78 is 47.5. The van der Waals surface area contributed by atoms with Gasteiger partial charge in [-0.1, -0.05) is 0 Å². The van der Waals surface area contributed by atoms with Gasteiger partial charge in [0.25, 0.3) is 11.8 Å². The Balaban J connectivity index is 1.64. The lowest BCUT2D eigenvalue weighted by Gasteiger charge is -2.28. The molecular weight excluding hydrogens is 503 g/mol. The van der Waals surface area contributed by atoms with E-state index in [1.165, 1.54) is 29.0 Å². The number of carbonyl (C=O) groups excluding carboxylic acids is 2. The largest absolute Gasteiger partial charge is 0.497 e. The van der Waals surface area contributed by atoms with E-state index in [-0.39, 0.29) is 30.8 Å². The number of nitrogens with zero attached hydrogens (tertiary/aromatic N) is 5. The molecule has 0 saturated heterocycles. The number of aliphatic imine (C=N–C) groups is 1. The van der Waals surface area contributed by atoms with Gasteiger partial charge >= 0.3 is 6.18 Å². The number of aliphatic hydroxyl groups is 1. The number of halogens is 3. The summed E-state index contributed by atoms with van der Waals surface area (Å²) in [7, 11) is 3.02. The molecule has 1 aromatic heterocycles. The maximum Gasteiger partial charge on any atom is 0.435 e. The Morgan fingerprint density at radius 2 is 1.82 bits per heavy atom. The maximum atomic E-state index is 13.8. The van der Waals surface area contributed by atoms with Crippen LogP contribution in [-0.4, -0.2) is 66.3 Å². The van der Waals surface area contributed by atoms with Crippen molar-refractivity contribution in [3.63, 3.8) is 0 Å². The summed E-state index contributed by atoms with van der Waals surface area (Å²) in [5.41, 5.74) is -0.102. The molecule has 1 N–H and O–H groups in total. The number of methoxy groups -OCH3 is 1. The van der Waals surface area contributed by atoms with Crippen molar-refractivity contribution >= 4 is 29.4 Å². The van der Waals surface area contributed by atoms with Gasteiger partial charge in [0.2, 0.25) is 0 Å². The first-order valence-corrected chi connectivity index (χ1v) is 11.7. The SMILES string of the molecule is COc1ccc(-n2nc(C(F)(F)F)c3c2C(=O)N(c2ccc(N(C)C(=O)C=NC(C)CO)cc2)CC3)cc1. The molecule has 0 fully saturated rings. The summed E-state index contributed by atoms with van der Waals surface area (Å²) in [6.07, 6.45) is -3.63. The van der Waals surface area contributed by atoms with Gasteiger partial charge in [0.05, 0.1) is 31.7 Å². The fourth-order valence-corrected chi connectivity index (χ4v) is 4.05. The number of amides is 2. The van der Waals surface area contributed by atoms with E-state index >= 15 is 0 Å². The third-order valence-electron chi connectivity index (χ3n) is 6.19. The van der Waals surface area contributed by atoms with Gasteiger partial charge in [-0.15, -0.1) is 0 Å². The normalized spacial score (nSPS) is 14.5. The van der Waals surface area contributed by atoms with Crippen LogP contribution in [0.1, 0.15) is 28.7 Å². The Hall–Kier alpha value is -4.19. The highest BCUT2D eigenvalue weighted by atomic mass is 19.4. The summed E-state index contributed by atoms with van der Waals surface area (Å²) in [6, 6.07) is 12.3. The molecule has 2 heterocycles. The van der Waals surface area contributed by atoms with Crippen LogP contribution in [-0.2, 0) is 17.4 Å². The Morgan fingerprint density at radius 3 is 2.39 bits per heavy atom. The molecule has 4 rings (SSSR count). The highest BCUT2D eigenvalue weighted by Gasteiger charge is 2.43. The molecule has 0 aliphatic carbocycles. The molecule has 0 radical (unpaired) electrons. The first-order chi connectivity index (χ1) is 18.0. The van der Waals surface area contributed by atoms with Gasteiger partial charge in [0.15, 0.2) is 5.69 Å². The zero-order valence-electron chi connectivity index (χ0n) is 20.9. The van der Waals surface area contributed by atoms with Crippen LogP contribution < -0.4 is 14.5 Å². The molecule has 3 aromatic rings. The van der Waals surface area contributed by atoms with Crippen LogP contribution in [0, 0.1) is 0 Å². The second-order valence-corrected chi connectivity index (χ2v) is 8.71. The minimum Gasteiger partial charge on any atom is -0.497 e. The molecule has 1 aliphatic rings. The molecule has 2 aromatic carbocycles. The van der Waals surface area contributed by atoms with Crippen molar-refractivity contribution in [1.29, 1.82) is 0 Å². The van der Waals surface area contributed by atoms with Crippen molar-refractivity contribution in [1.82, 2.24) is 9.78 Å².